The highest BCUT2D eigenvalue weighted by Gasteiger charge is 2.16. The Labute approximate surface area is 69.3 Å². The highest BCUT2D eigenvalue weighted by Crippen LogP contribution is 2.03. The van der Waals surface area contributed by atoms with Gasteiger partial charge in [0.1, 0.15) is 0 Å². The number of hydrogen-bond acceptors (Lipinski definition) is 3. The van der Waals surface area contributed by atoms with Gasteiger partial charge >= 0.3 is 0 Å². The highest BCUT2D eigenvalue weighted by atomic mass is 28.4. The third-order valence-electron chi connectivity index (χ3n) is 0.768. The molecule has 0 atom stereocenters. The van der Waals surface area contributed by atoms with Gasteiger partial charge in [-0.05, 0) is 26.6 Å². The van der Waals surface area contributed by atoms with Crippen LogP contribution in [0.4, 0.5) is 0 Å². The average Bonchev–Trinajstić information content (AvgIpc) is 1.79. The lowest BCUT2D eigenvalue weighted by atomic mass is 10.8. The predicted molar refractivity (Wildman–Crippen MR) is 51.7 cm³/mol. The van der Waals surface area contributed by atoms with Crippen LogP contribution in [0.25, 0.3) is 0 Å². The van der Waals surface area contributed by atoms with Crippen molar-refractivity contribution in [2.75, 3.05) is 0 Å². The van der Waals surface area contributed by atoms with Gasteiger partial charge in [0, 0.05) is 13.1 Å². The molecule has 0 bridgehead atoms. The van der Waals surface area contributed by atoms with Crippen molar-refractivity contribution in [1.82, 2.24) is 0 Å². The SMILES string of the molecule is C/C=N/N=C(\C)O[Si](C)(C)C. The van der Waals surface area contributed by atoms with Crippen LogP contribution in [0.3, 0.4) is 0 Å². The number of hydrogen-bond donors (Lipinski definition) is 0. The van der Waals surface area contributed by atoms with E-state index in [1.54, 1.807) is 6.21 Å². The molecular weight excluding hydrogens is 156 g/mol. The lowest BCUT2D eigenvalue weighted by Crippen LogP contribution is -2.27. The normalized spacial score (nSPS) is 14.1. The van der Waals surface area contributed by atoms with Gasteiger partial charge in [0.2, 0.25) is 8.32 Å². The fourth-order valence-electron chi connectivity index (χ4n) is 0.603. The second kappa shape index (κ2) is 4.28. The van der Waals surface area contributed by atoms with Gasteiger partial charge in [-0.1, -0.05) is 0 Å². The van der Waals surface area contributed by atoms with Crippen molar-refractivity contribution in [3.63, 3.8) is 0 Å². The van der Waals surface area contributed by atoms with Gasteiger partial charge in [-0.25, -0.2) is 0 Å². The third-order valence-corrected chi connectivity index (χ3v) is 1.68. The highest BCUT2D eigenvalue weighted by molar-refractivity contribution is 6.71. The first-order valence-corrected chi connectivity index (χ1v) is 7.08. The zero-order valence-electron chi connectivity index (χ0n) is 7.88. The van der Waals surface area contributed by atoms with Gasteiger partial charge < -0.3 is 4.43 Å². The molecule has 0 amide bonds. The zero-order valence-corrected chi connectivity index (χ0v) is 8.88. The van der Waals surface area contributed by atoms with E-state index >= 15 is 0 Å². The van der Waals surface area contributed by atoms with Crippen molar-refractivity contribution in [2.24, 2.45) is 10.2 Å². The molecule has 0 aromatic rings. The van der Waals surface area contributed by atoms with Crippen LogP contribution in [0.15, 0.2) is 10.2 Å². The summed E-state index contributed by atoms with van der Waals surface area (Å²) in [6, 6.07) is 0. The van der Waals surface area contributed by atoms with Crippen LogP contribution in [0.2, 0.25) is 19.6 Å². The molecule has 0 unspecified atom stereocenters. The molecule has 0 aromatic heterocycles. The van der Waals surface area contributed by atoms with Gasteiger partial charge in [-0.2, -0.15) is 5.10 Å². The fraction of sp³-hybridized carbons (Fsp3) is 0.714. The monoisotopic (exact) mass is 172 g/mol. The van der Waals surface area contributed by atoms with Crippen molar-refractivity contribution in [3.8, 4) is 0 Å². The number of rotatable bonds is 2. The van der Waals surface area contributed by atoms with E-state index in [0.717, 1.165) is 0 Å². The molecule has 0 spiro atoms. The van der Waals surface area contributed by atoms with Gasteiger partial charge in [0.05, 0.1) is 0 Å². The van der Waals surface area contributed by atoms with Crippen LogP contribution >= 0.6 is 0 Å². The van der Waals surface area contributed by atoms with Crippen LogP contribution in [0.1, 0.15) is 13.8 Å². The smallest absolute Gasteiger partial charge is 0.243 e. The molecule has 0 saturated heterocycles. The topological polar surface area (TPSA) is 34.0 Å². The number of nitrogens with zero attached hydrogens (tertiary/aromatic N) is 2. The summed E-state index contributed by atoms with van der Waals surface area (Å²) in [5.41, 5.74) is 0. The second-order valence-electron chi connectivity index (χ2n) is 3.21. The van der Waals surface area contributed by atoms with Crippen molar-refractivity contribution >= 4 is 20.4 Å². The Hall–Kier alpha value is -0.643. The Balaban J connectivity index is 3.96. The summed E-state index contributed by atoms with van der Waals surface area (Å²) in [5, 5.41) is 7.54. The van der Waals surface area contributed by atoms with Crippen LogP contribution in [-0.4, -0.2) is 20.4 Å². The summed E-state index contributed by atoms with van der Waals surface area (Å²) < 4.78 is 5.51. The molecule has 0 fully saturated rings. The minimum Gasteiger partial charge on any atom is -0.534 e. The molecule has 0 aliphatic rings. The molecule has 3 nitrogen and oxygen atoms in total. The maximum atomic E-state index is 5.51. The van der Waals surface area contributed by atoms with Crippen LogP contribution in [0, 0.1) is 0 Å². The largest absolute Gasteiger partial charge is 0.534 e. The minimum absolute atomic E-state index is 0.655. The van der Waals surface area contributed by atoms with Gasteiger partial charge in [0.25, 0.3) is 0 Å². The predicted octanol–water partition coefficient (Wildman–Crippen LogP) is 2.26. The van der Waals surface area contributed by atoms with Crippen LogP contribution in [0.5, 0.6) is 0 Å². The summed E-state index contributed by atoms with van der Waals surface area (Å²) in [4.78, 5) is 0. The molecule has 0 aromatic carbocycles. The molecule has 0 aliphatic carbocycles. The lowest BCUT2D eigenvalue weighted by Gasteiger charge is -2.17. The van der Waals surface area contributed by atoms with E-state index in [0.29, 0.717) is 5.90 Å². The Morgan fingerprint density at radius 1 is 1.36 bits per heavy atom. The van der Waals surface area contributed by atoms with Crippen LogP contribution < -0.4 is 0 Å². The maximum absolute atomic E-state index is 5.51. The molecule has 0 saturated carbocycles. The molecule has 0 heterocycles. The van der Waals surface area contributed by atoms with E-state index in [1.807, 2.05) is 13.8 Å². The molecule has 0 radical (unpaired) electrons. The Morgan fingerprint density at radius 3 is 2.27 bits per heavy atom. The van der Waals surface area contributed by atoms with Crippen molar-refractivity contribution in [3.05, 3.63) is 0 Å². The average molecular weight is 172 g/mol. The van der Waals surface area contributed by atoms with E-state index in [1.165, 1.54) is 0 Å². The quantitative estimate of drug-likeness (QED) is 0.272. The van der Waals surface area contributed by atoms with E-state index in [-0.39, 0.29) is 0 Å². The fourth-order valence-corrected chi connectivity index (χ4v) is 1.53. The van der Waals surface area contributed by atoms with E-state index in [2.05, 4.69) is 29.8 Å². The van der Waals surface area contributed by atoms with Gasteiger partial charge in [-0.15, -0.1) is 5.10 Å². The Kier molecular flexibility index (Phi) is 4.03. The van der Waals surface area contributed by atoms with Crippen molar-refractivity contribution in [2.45, 2.75) is 33.5 Å². The van der Waals surface area contributed by atoms with E-state index in [9.17, 15) is 0 Å². The molecule has 0 rings (SSSR count). The third kappa shape index (κ3) is 7.25. The molecule has 0 N–H and O–H groups in total. The molecule has 11 heavy (non-hydrogen) atoms. The minimum atomic E-state index is -1.47. The molecular formula is C7H16N2OSi. The summed E-state index contributed by atoms with van der Waals surface area (Å²) in [6.07, 6.45) is 1.64. The van der Waals surface area contributed by atoms with E-state index in [4.69, 9.17) is 4.43 Å². The Bertz CT molecular complexity index is 170. The summed E-state index contributed by atoms with van der Waals surface area (Å²) >= 11 is 0. The first kappa shape index (κ1) is 10.4. The first-order chi connectivity index (χ1) is 4.95. The summed E-state index contributed by atoms with van der Waals surface area (Å²) in [5.74, 6) is 0.655. The molecule has 0 aliphatic heterocycles. The standard InChI is InChI=1S/C7H16N2OSi/c1-6-8-9-7(2)10-11(3,4)5/h6H,1-5H3/b8-6+,9-7+. The van der Waals surface area contributed by atoms with Gasteiger partial charge in [0.15, 0.2) is 5.90 Å². The first-order valence-electron chi connectivity index (χ1n) is 3.67. The van der Waals surface area contributed by atoms with Crippen molar-refractivity contribution in [1.29, 1.82) is 0 Å². The van der Waals surface area contributed by atoms with E-state index < -0.39 is 8.32 Å². The Morgan fingerprint density at radius 2 is 1.91 bits per heavy atom. The maximum Gasteiger partial charge on any atom is 0.243 e. The summed E-state index contributed by atoms with van der Waals surface area (Å²) in [7, 11) is -1.47. The van der Waals surface area contributed by atoms with Crippen molar-refractivity contribution < 1.29 is 4.43 Å². The van der Waals surface area contributed by atoms with Crippen LogP contribution in [-0.2, 0) is 4.43 Å². The summed E-state index contributed by atoms with van der Waals surface area (Å²) in [6.45, 7) is 9.99. The lowest BCUT2D eigenvalue weighted by molar-refractivity contribution is 0.544. The zero-order chi connectivity index (χ0) is 8.91. The molecule has 64 valence electrons. The van der Waals surface area contributed by atoms with Gasteiger partial charge in [-0.3, -0.25) is 0 Å². The molecule has 4 heteroatoms. The second-order valence-corrected chi connectivity index (χ2v) is 7.64.